The molecule has 1 aromatic heterocycles. The van der Waals surface area contributed by atoms with E-state index >= 15 is 0 Å². The Kier molecular flexibility index (Phi) is 3.47. The van der Waals surface area contributed by atoms with Crippen molar-refractivity contribution in [1.82, 2.24) is 14.7 Å². The summed E-state index contributed by atoms with van der Waals surface area (Å²) in [5.74, 6) is 0.492. The number of amides is 1. The van der Waals surface area contributed by atoms with Crippen molar-refractivity contribution in [3.05, 3.63) is 17.5 Å². The molecule has 0 saturated carbocycles. The summed E-state index contributed by atoms with van der Waals surface area (Å²) >= 11 is 0. The zero-order chi connectivity index (χ0) is 12.4. The molecule has 2 heterocycles. The molecule has 94 valence electrons. The third-order valence-corrected chi connectivity index (χ3v) is 3.33. The first-order chi connectivity index (χ1) is 8.11. The Morgan fingerprint density at radius 3 is 3.00 bits per heavy atom. The number of carbonyl (C=O) groups excluding carboxylic acids is 1. The van der Waals surface area contributed by atoms with Crippen LogP contribution in [-0.2, 0) is 7.05 Å². The predicted molar refractivity (Wildman–Crippen MR) is 63.7 cm³/mol. The van der Waals surface area contributed by atoms with Gasteiger partial charge in [-0.25, -0.2) is 0 Å². The molecule has 17 heavy (non-hydrogen) atoms. The number of carbonyl (C=O) groups is 1. The van der Waals surface area contributed by atoms with Crippen molar-refractivity contribution in [2.75, 3.05) is 19.7 Å². The van der Waals surface area contributed by atoms with Crippen LogP contribution in [0.4, 0.5) is 0 Å². The van der Waals surface area contributed by atoms with Gasteiger partial charge in [0.15, 0.2) is 0 Å². The summed E-state index contributed by atoms with van der Waals surface area (Å²) in [5.41, 5.74) is 1.51. The number of aromatic nitrogens is 2. The Labute approximate surface area is 101 Å². The molecule has 1 aromatic rings. The molecule has 0 aliphatic carbocycles. The van der Waals surface area contributed by atoms with Gasteiger partial charge in [0.25, 0.3) is 5.91 Å². The first-order valence-electron chi connectivity index (χ1n) is 6.02. The highest BCUT2D eigenvalue weighted by molar-refractivity contribution is 5.92. The van der Waals surface area contributed by atoms with Crippen molar-refractivity contribution in [3.8, 4) is 0 Å². The van der Waals surface area contributed by atoms with E-state index in [1.165, 1.54) is 0 Å². The molecule has 1 atom stereocenters. The quantitative estimate of drug-likeness (QED) is 0.836. The SMILES string of the molecule is Cc1cc(C(=O)N2CCC(CCO)C2)n(C)n1. The number of aliphatic hydroxyl groups is 1. The minimum absolute atomic E-state index is 0.0496. The second kappa shape index (κ2) is 4.87. The van der Waals surface area contributed by atoms with Gasteiger partial charge in [-0.3, -0.25) is 9.48 Å². The molecule has 0 bridgehead atoms. The molecule has 1 saturated heterocycles. The Morgan fingerprint density at radius 1 is 1.65 bits per heavy atom. The fourth-order valence-corrected chi connectivity index (χ4v) is 2.41. The van der Waals surface area contributed by atoms with E-state index in [0.29, 0.717) is 11.6 Å². The summed E-state index contributed by atoms with van der Waals surface area (Å²) in [5, 5.41) is 13.1. The average molecular weight is 237 g/mol. The summed E-state index contributed by atoms with van der Waals surface area (Å²) in [6.45, 7) is 3.63. The molecule has 1 aliphatic rings. The van der Waals surface area contributed by atoms with E-state index in [4.69, 9.17) is 5.11 Å². The Bertz CT molecular complexity index is 414. The van der Waals surface area contributed by atoms with Crippen molar-refractivity contribution in [3.63, 3.8) is 0 Å². The van der Waals surface area contributed by atoms with Crippen LogP contribution in [0.3, 0.4) is 0 Å². The number of aryl methyl sites for hydroxylation is 2. The van der Waals surface area contributed by atoms with Crippen LogP contribution in [0.2, 0.25) is 0 Å². The van der Waals surface area contributed by atoms with Gasteiger partial charge >= 0.3 is 0 Å². The Balaban J connectivity index is 2.04. The third-order valence-electron chi connectivity index (χ3n) is 3.33. The van der Waals surface area contributed by atoms with Crippen molar-refractivity contribution in [2.45, 2.75) is 19.8 Å². The van der Waals surface area contributed by atoms with Crippen molar-refractivity contribution in [2.24, 2.45) is 13.0 Å². The maximum Gasteiger partial charge on any atom is 0.272 e. The van der Waals surface area contributed by atoms with E-state index in [-0.39, 0.29) is 12.5 Å². The first kappa shape index (κ1) is 12.1. The summed E-state index contributed by atoms with van der Waals surface area (Å²) < 4.78 is 1.64. The van der Waals surface area contributed by atoms with Gasteiger partial charge in [0.2, 0.25) is 0 Å². The number of nitrogens with zero attached hydrogens (tertiary/aromatic N) is 3. The van der Waals surface area contributed by atoms with Gasteiger partial charge in [0.1, 0.15) is 5.69 Å². The smallest absolute Gasteiger partial charge is 0.272 e. The molecule has 2 rings (SSSR count). The number of hydrogen-bond donors (Lipinski definition) is 1. The monoisotopic (exact) mass is 237 g/mol. The molecule has 1 aliphatic heterocycles. The van der Waals surface area contributed by atoms with E-state index in [1.54, 1.807) is 11.7 Å². The van der Waals surface area contributed by atoms with Crippen LogP contribution in [0.25, 0.3) is 0 Å². The van der Waals surface area contributed by atoms with E-state index in [2.05, 4.69) is 5.10 Å². The minimum atomic E-state index is 0.0496. The van der Waals surface area contributed by atoms with Crippen molar-refractivity contribution in [1.29, 1.82) is 0 Å². The minimum Gasteiger partial charge on any atom is -0.396 e. The Morgan fingerprint density at radius 2 is 2.41 bits per heavy atom. The lowest BCUT2D eigenvalue weighted by molar-refractivity contribution is 0.0774. The molecule has 1 fully saturated rings. The molecule has 1 unspecified atom stereocenters. The first-order valence-corrected chi connectivity index (χ1v) is 6.02. The number of hydrogen-bond acceptors (Lipinski definition) is 3. The molecule has 0 aromatic carbocycles. The van der Waals surface area contributed by atoms with Crippen LogP contribution in [0.15, 0.2) is 6.07 Å². The normalized spacial score (nSPS) is 19.9. The largest absolute Gasteiger partial charge is 0.396 e. The second-order valence-electron chi connectivity index (χ2n) is 4.71. The van der Waals surface area contributed by atoms with Gasteiger partial charge in [0, 0.05) is 26.7 Å². The van der Waals surface area contributed by atoms with Crippen LogP contribution in [0, 0.1) is 12.8 Å². The van der Waals surface area contributed by atoms with Crippen LogP contribution < -0.4 is 0 Å². The highest BCUT2D eigenvalue weighted by Crippen LogP contribution is 2.21. The van der Waals surface area contributed by atoms with Gasteiger partial charge < -0.3 is 10.0 Å². The molecular formula is C12H19N3O2. The zero-order valence-electron chi connectivity index (χ0n) is 10.4. The van der Waals surface area contributed by atoms with Gasteiger partial charge in [-0.15, -0.1) is 0 Å². The molecule has 1 amide bonds. The Hall–Kier alpha value is -1.36. The van der Waals surface area contributed by atoms with Crippen LogP contribution >= 0.6 is 0 Å². The number of aliphatic hydroxyl groups excluding tert-OH is 1. The van der Waals surface area contributed by atoms with E-state index in [0.717, 1.165) is 31.6 Å². The molecule has 0 radical (unpaired) electrons. The van der Waals surface area contributed by atoms with Gasteiger partial charge in [-0.05, 0) is 31.7 Å². The molecule has 5 nitrogen and oxygen atoms in total. The molecular weight excluding hydrogens is 218 g/mol. The zero-order valence-corrected chi connectivity index (χ0v) is 10.4. The molecule has 0 spiro atoms. The van der Waals surface area contributed by atoms with E-state index < -0.39 is 0 Å². The predicted octanol–water partition coefficient (Wildman–Crippen LogP) is 0.573. The topological polar surface area (TPSA) is 58.4 Å². The second-order valence-corrected chi connectivity index (χ2v) is 4.71. The lowest BCUT2D eigenvalue weighted by Gasteiger charge is -2.16. The maximum atomic E-state index is 12.2. The van der Waals surface area contributed by atoms with Gasteiger partial charge in [-0.2, -0.15) is 5.10 Å². The van der Waals surface area contributed by atoms with E-state index in [1.807, 2.05) is 17.9 Å². The summed E-state index contributed by atoms with van der Waals surface area (Å²) in [7, 11) is 1.79. The van der Waals surface area contributed by atoms with Gasteiger partial charge in [0.05, 0.1) is 5.69 Å². The third kappa shape index (κ3) is 2.49. The van der Waals surface area contributed by atoms with Crippen molar-refractivity contribution >= 4 is 5.91 Å². The van der Waals surface area contributed by atoms with E-state index in [9.17, 15) is 4.79 Å². The summed E-state index contributed by atoms with van der Waals surface area (Å²) in [4.78, 5) is 14.1. The van der Waals surface area contributed by atoms with Crippen molar-refractivity contribution < 1.29 is 9.90 Å². The van der Waals surface area contributed by atoms with Crippen LogP contribution in [0.5, 0.6) is 0 Å². The van der Waals surface area contributed by atoms with Crippen LogP contribution in [-0.4, -0.2) is 45.4 Å². The summed E-state index contributed by atoms with van der Waals surface area (Å²) in [6, 6.07) is 1.82. The standard InChI is InChI=1S/C12H19N3O2/c1-9-7-11(14(2)13-9)12(17)15-5-3-10(8-15)4-6-16/h7,10,16H,3-6,8H2,1-2H3. The molecule has 5 heteroatoms. The highest BCUT2D eigenvalue weighted by Gasteiger charge is 2.28. The fourth-order valence-electron chi connectivity index (χ4n) is 2.41. The summed E-state index contributed by atoms with van der Waals surface area (Å²) in [6.07, 6.45) is 1.78. The van der Waals surface area contributed by atoms with Crippen LogP contribution in [0.1, 0.15) is 29.0 Å². The number of rotatable bonds is 3. The van der Waals surface area contributed by atoms with Gasteiger partial charge in [-0.1, -0.05) is 0 Å². The average Bonchev–Trinajstić information content (AvgIpc) is 2.85. The molecule has 1 N–H and O–H groups in total. The lowest BCUT2D eigenvalue weighted by Crippen LogP contribution is -2.30. The lowest BCUT2D eigenvalue weighted by atomic mass is 10.1. The highest BCUT2D eigenvalue weighted by atomic mass is 16.3. The number of likely N-dealkylation sites (tertiary alicyclic amines) is 1. The maximum absolute atomic E-state index is 12.2. The fraction of sp³-hybridized carbons (Fsp3) is 0.667.